The number of pyridine rings is 1. The van der Waals surface area contributed by atoms with Crippen molar-refractivity contribution in [2.24, 2.45) is 0 Å². The van der Waals surface area contributed by atoms with Gasteiger partial charge in [-0.25, -0.2) is 8.42 Å². The monoisotopic (exact) mass is 347 g/mol. The minimum atomic E-state index is -3.56. The molecule has 1 saturated heterocycles. The van der Waals surface area contributed by atoms with Crippen LogP contribution < -0.4 is 0 Å². The smallest absolute Gasteiger partial charge is 0.243 e. The van der Waals surface area contributed by atoms with Crippen LogP contribution in [0.3, 0.4) is 0 Å². The number of piperidine rings is 1. The van der Waals surface area contributed by atoms with E-state index in [1.807, 2.05) is 6.07 Å². The third-order valence-electron chi connectivity index (χ3n) is 4.73. The molecule has 1 aliphatic rings. The summed E-state index contributed by atoms with van der Waals surface area (Å²) >= 11 is 0. The topological polar surface area (TPSA) is 70.6 Å². The number of hydrogen-bond acceptors (Lipinski definition) is 4. The third-order valence-corrected chi connectivity index (χ3v) is 6.68. The van der Waals surface area contributed by atoms with Crippen LogP contribution >= 0.6 is 0 Å². The zero-order valence-electron chi connectivity index (χ0n) is 13.8. The molecule has 1 fully saturated rings. The summed E-state index contributed by atoms with van der Waals surface area (Å²) in [6, 6.07) is 7.08. The standard InChI is InChI=1S/C17H21N3O3S/c1-13(21)19(2)15-7-10-20(11-8-15)24(22,23)17-5-3-4-14-12-18-9-6-16(14)17/h3-6,9,12,15H,7-8,10-11H2,1-2H3. The largest absolute Gasteiger partial charge is 0.343 e. The minimum absolute atomic E-state index is 0.0119. The summed E-state index contributed by atoms with van der Waals surface area (Å²) in [5.41, 5.74) is 0. The van der Waals surface area contributed by atoms with E-state index in [9.17, 15) is 13.2 Å². The van der Waals surface area contributed by atoms with Gasteiger partial charge < -0.3 is 4.90 Å². The van der Waals surface area contributed by atoms with Crippen molar-refractivity contribution in [3.8, 4) is 0 Å². The van der Waals surface area contributed by atoms with E-state index in [0.29, 0.717) is 36.2 Å². The van der Waals surface area contributed by atoms with Crippen LogP contribution in [0.25, 0.3) is 10.8 Å². The lowest BCUT2D eigenvalue weighted by atomic mass is 10.1. The number of carbonyl (C=O) groups is 1. The number of aromatic nitrogens is 1. The lowest BCUT2D eigenvalue weighted by Crippen LogP contribution is -2.46. The van der Waals surface area contributed by atoms with Crippen LogP contribution in [0.15, 0.2) is 41.6 Å². The molecule has 0 radical (unpaired) electrons. The van der Waals surface area contributed by atoms with Gasteiger partial charge in [-0.2, -0.15) is 4.31 Å². The average molecular weight is 347 g/mol. The molecule has 24 heavy (non-hydrogen) atoms. The van der Waals surface area contributed by atoms with Gasteiger partial charge in [0.1, 0.15) is 0 Å². The second kappa shape index (κ2) is 6.49. The van der Waals surface area contributed by atoms with Crippen LogP contribution in [0, 0.1) is 0 Å². The molecule has 1 aromatic carbocycles. The predicted molar refractivity (Wildman–Crippen MR) is 92.0 cm³/mol. The molecule has 1 aromatic heterocycles. The van der Waals surface area contributed by atoms with E-state index in [4.69, 9.17) is 0 Å². The quantitative estimate of drug-likeness (QED) is 0.850. The zero-order valence-corrected chi connectivity index (χ0v) is 14.7. The Morgan fingerprint density at radius 2 is 1.96 bits per heavy atom. The molecule has 1 amide bonds. The Morgan fingerprint density at radius 1 is 1.25 bits per heavy atom. The maximum absolute atomic E-state index is 13.0. The van der Waals surface area contributed by atoms with Crippen molar-refractivity contribution in [2.45, 2.75) is 30.7 Å². The fourth-order valence-corrected chi connectivity index (χ4v) is 4.87. The fourth-order valence-electron chi connectivity index (χ4n) is 3.18. The molecule has 0 spiro atoms. The number of rotatable bonds is 3. The molecule has 0 aliphatic carbocycles. The average Bonchev–Trinajstić information content (AvgIpc) is 2.60. The van der Waals surface area contributed by atoms with E-state index in [1.165, 1.54) is 11.2 Å². The van der Waals surface area contributed by atoms with E-state index in [1.54, 1.807) is 42.5 Å². The van der Waals surface area contributed by atoms with Crippen molar-refractivity contribution in [3.05, 3.63) is 36.7 Å². The van der Waals surface area contributed by atoms with Gasteiger partial charge in [-0.15, -0.1) is 0 Å². The van der Waals surface area contributed by atoms with Gasteiger partial charge in [-0.3, -0.25) is 9.78 Å². The molecule has 2 heterocycles. The summed E-state index contributed by atoms with van der Waals surface area (Å²) in [6.07, 6.45) is 4.58. The lowest BCUT2D eigenvalue weighted by Gasteiger charge is -2.35. The van der Waals surface area contributed by atoms with Crippen molar-refractivity contribution < 1.29 is 13.2 Å². The summed E-state index contributed by atoms with van der Waals surface area (Å²) in [6.45, 7) is 2.38. The summed E-state index contributed by atoms with van der Waals surface area (Å²) in [7, 11) is -1.78. The first-order valence-electron chi connectivity index (χ1n) is 7.97. The van der Waals surface area contributed by atoms with Gasteiger partial charge >= 0.3 is 0 Å². The highest BCUT2D eigenvalue weighted by atomic mass is 32.2. The number of amides is 1. The van der Waals surface area contributed by atoms with Gasteiger partial charge in [0.15, 0.2) is 0 Å². The molecular formula is C17H21N3O3S. The number of nitrogens with zero attached hydrogens (tertiary/aromatic N) is 3. The van der Waals surface area contributed by atoms with Crippen LogP contribution in [0.5, 0.6) is 0 Å². The highest BCUT2D eigenvalue weighted by Gasteiger charge is 2.32. The number of fused-ring (bicyclic) bond motifs is 1. The first-order chi connectivity index (χ1) is 11.4. The molecule has 0 N–H and O–H groups in total. The Morgan fingerprint density at radius 3 is 2.62 bits per heavy atom. The first-order valence-corrected chi connectivity index (χ1v) is 9.41. The van der Waals surface area contributed by atoms with Crippen molar-refractivity contribution in [2.75, 3.05) is 20.1 Å². The van der Waals surface area contributed by atoms with Crippen LogP contribution in [-0.2, 0) is 14.8 Å². The molecule has 6 nitrogen and oxygen atoms in total. The molecule has 0 unspecified atom stereocenters. The van der Waals surface area contributed by atoms with Crippen molar-refractivity contribution in [1.29, 1.82) is 0 Å². The van der Waals surface area contributed by atoms with E-state index in [0.717, 1.165) is 5.39 Å². The van der Waals surface area contributed by atoms with Crippen LogP contribution in [0.2, 0.25) is 0 Å². The van der Waals surface area contributed by atoms with Gasteiger partial charge in [-0.1, -0.05) is 12.1 Å². The molecule has 2 aromatic rings. The Hall–Kier alpha value is -1.99. The zero-order chi connectivity index (χ0) is 17.3. The Balaban J connectivity index is 1.86. The van der Waals surface area contributed by atoms with Gasteiger partial charge in [0.25, 0.3) is 0 Å². The van der Waals surface area contributed by atoms with Crippen LogP contribution in [-0.4, -0.2) is 54.7 Å². The Labute approximate surface area is 142 Å². The molecule has 0 bridgehead atoms. The Kier molecular flexibility index (Phi) is 4.56. The van der Waals surface area contributed by atoms with Crippen LogP contribution in [0.1, 0.15) is 19.8 Å². The molecule has 0 saturated carbocycles. The molecule has 3 rings (SSSR count). The van der Waals surface area contributed by atoms with E-state index in [2.05, 4.69) is 4.98 Å². The molecule has 7 heteroatoms. The van der Waals surface area contributed by atoms with E-state index < -0.39 is 10.0 Å². The Bertz CT molecular complexity index is 853. The normalized spacial score (nSPS) is 17.1. The first kappa shape index (κ1) is 16.9. The van der Waals surface area contributed by atoms with Crippen molar-refractivity contribution in [1.82, 2.24) is 14.2 Å². The maximum atomic E-state index is 13.0. The number of hydrogen-bond donors (Lipinski definition) is 0. The number of benzene rings is 1. The highest BCUT2D eigenvalue weighted by molar-refractivity contribution is 7.89. The molecular weight excluding hydrogens is 326 g/mol. The number of sulfonamides is 1. The van der Waals surface area contributed by atoms with E-state index >= 15 is 0 Å². The third kappa shape index (κ3) is 3.01. The second-order valence-electron chi connectivity index (χ2n) is 6.12. The molecule has 128 valence electrons. The lowest BCUT2D eigenvalue weighted by molar-refractivity contribution is -0.130. The van der Waals surface area contributed by atoms with Gasteiger partial charge in [0, 0.05) is 56.3 Å². The number of carbonyl (C=O) groups excluding carboxylic acids is 1. The van der Waals surface area contributed by atoms with Crippen molar-refractivity contribution in [3.63, 3.8) is 0 Å². The molecule has 0 atom stereocenters. The van der Waals surface area contributed by atoms with E-state index in [-0.39, 0.29) is 11.9 Å². The summed E-state index contributed by atoms with van der Waals surface area (Å²) in [4.78, 5) is 17.5. The summed E-state index contributed by atoms with van der Waals surface area (Å²) in [5, 5.41) is 1.50. The summed E-state index contributed by atoms with van der Waals surface area (Å²) in [5.74, 6) is 0.0119. The fraction of sp³-hybridized carbons (Fsp3) is 0.412. The minimum Gasteiger partial charge on any atom is -0.343 e. The van der Waals surface area contributed by atoms with Gasteiger partial charge in [-0.05, 0) is 25.0 Å². The van der Waals surface area contributed by atoms with Gasteiger partial charge in [0.2, 0.25) is 15.9 Å². The molecule has 1 aliphatic heterocycles. The highest BCUT2D eigenvalue weighted by Crippen LogP contribution is 2.27. The van der Waals surface area contributed by atoms with Crippen molar-refractivity contribution >= 4 is 26.7 Å². The van der Waals surface area contributed by atoms with Crippen LogP contribution in [0.4, 0.5) is 0 Å². The van der Waals surface area contributed by atoms with Gasteiger partial charge in [0.05, 0.1) is 4.90 Å². The SMILES string of the molecule is CC(=O)N(C)C1CCN(S(=O)(=O)c2cccc3cnccc23)CC1. The summed E-state index contributed by atoms with van der Waals surface area (Å²) < 4.78 is 27.6. The predicted octanol–water partition coefficient (Wildman–Crippen LogP) is 1.87. The maximum Gasteiger partial charge on any atom is 0.243 e. The second-order valence-corrected chi connectivity index (χ2v) is 8.02.